The molecule has 8 heteroatoms. The molecular weight excluding hydrogens is 407 g/mol. The van der Waals surface area contributed by atoms with E-state index in [-0.39, 0.29) is 23.9 Å². The van der Waals surface area contributed by atoms with Gasteiger partial charge < -0.3 is 4.90 Å². The van der Waals surface area contributed by atoms with Crippen molar-refractivity contribution in [1.82, 2.24) is 9.21 Å². The van der Waals surface area contributed by atoms with Gasteiger partial charge in [-0.1, -0.05) is 41.4 Å². The molecule has 2 aromatic rings. The molecule has 1 aliphatic heterocycles. The van der Waals surface area contributed by atoms with Crippen LogP contribution in [0, 0.1) is 0 Å². The summed E-state index contributed by atoms with van der Waals surface area (Å²) < 4.78 is 26.8. The van der Waals surface area contributed by atoms with Crippen molar-refractivity contribution in [2.45, 2.75) is 17.7 Å². The lowest BCUT2D eigenvalue weighted by molar-refractivity contribution is -0.132. The van der Waals surface area contributed by atoms with Crippen LogP contribution in [0.5, 0.6) is 0 Å². The van der Waals surface area contributed by atoms with Crippen LogP contribution in [0.2, 0.25) is 10.0 Å². The minimum absolute atomic E-state index is 0.0125. The van der Waals surface area contributed by atoms with Gasteiger partial charge in [-0.15, -0.1) is 0 Å². The third-order valence-corrected chi connectivity index (χ3v) is 7.14. The van der Waals surface area contributed by atoms with E-state index in [1.165, 1.54) is 16.4 Å². The molecule has 0 N–H and O–H groups in total. The molecule has 1 aliphatic rings. The average Bonchev–Trinajstić information content (AvgIpc) is 2.67. The Labute approximate surface area is 169 Å². The zero-order chi connectivity index (χ0) is 19.4. The van der Waals surface area contributed by atoms with Crippen molar-refractivity contribution in [3.63, 3.8) is 0 Å². The lowest BCUT2D eigenvalue weighted by Crippen LogP contribution is -2.50. The average molecular weight is 427 g/mol. The second kappa shape index (κ2) is 8.61. The topological polar surface area (TPSA) is 57.7 Å². The highest BCUT2D eigenvalue weighted by Gasteiger charge is 2.29. The van der Waals surface area contributed by atoms with E-state index in [2.05, 4.69) is 0 Å². The van der Waals surface area contributed by atoms with E-state index in [0.717, 1.165) is 5.56 Å². The molecule has 1 saturated heterocycles. The molecule has 1 fully saturated rings. The molecule has 27 heavy (non-hydrogen) atoms. The normalized spacial score (nSPS) is 15.7. The monoisotopic (exact) mass is 426 g/mol. The first-order chi connectivity index (χ1) is 12.9. The largest absolute Gasteiger partial charge is 0.340 e. The number of carbonyl (C=O) groups is 1. The van der Waals surface area contributed by atoms with Crippen molar-refractivity contribution < 1.29 is 13.2 Å². The molecule has 3 rings (SSSR count). The van der Waals surface area contributed by atoms with E-state index < -0.39 is 10.0 Å². The number of sulfonamides is 1. The van der Waals surface area contributed by atoms with Gasteiger partial charge in [0.2, 0.25) is 15.9 Å². The van der Waals surface area contributed by atoms with Crippen LogP contribution in [0.4, 0.5) is 0 Å². The number of amides is 1. The summed E-state index contributed by atoms with van der Waals surface area (Å²) in [4.78, 5) is 14.4. The number of rotatable bonds is 5. The lowest BCUT2D eigenvalue weighted by Gasteiger charge is -2.34. The minimum atomic E-state index is -3.57. The molecular formula is C19H20Cl2N2O3S. The zero-order valence-electron chi connectivity index (χ0n) is 14.6. The number of hydrogen-bond acceptors (Lipinski definition) is 3. The Hall–Kier alpha value is -1.60. The van der Waals surface area contributed by atoms with Gasteiger partial charge in [0.1, 0.15) is 0 Å². The minimum Gasteiger partial charge on any atom is -0.340 e. The van der Waals surface area contributed by atoms with Crippen LogP contribution in [0.15, 0.2) is 53.4 Å². The Balaban J connectivity index is 1.56. The van der Waals surface area contributed by atoms with Crippen LogP contribution >= 0.6 is 23.2 Å². The van der Waals surface area contributed by atoms with Crippen LogP contribution < -0.4 is 0 Å². The van der Waals surface area contributed by atoms with E-state index in [1.807, 2.05) is 24.3 Å². The fourth-order valence-corrected chi connectivity index (χ4v) is 4.81. The van der Waals surface area contributed by atoms with Crippen molar-refractivity contribution in [3.8, 4) is 0 Å². The van der Waals surface area contributed by atoms with E-state index >= 15 is 0 Å². The summed E-state index contributed by atoms with van der Waals surface area (Å²) >= 11 is 11.9. The number of halogens is 2. The quantitative estimate of drug-likeness (QED) is 0.735. The molecule has 0 spiro atoms. The van der Waals surface area contributed by atoms with Crippen molar-refractivity contribution >= 4 is 39.1 Å². The molecule has 0 aliphatic carbocycles. The summed E-state index contributed by atoms with van der Waals surface area (Å²) in [5.74, 6) is 0.0125. The molecule has 0 radical (unpaired) electrons. The highest BCUT2D eigenvalue weighted by molar-refractivity contribution is 7.89. The number of nitrogens with zero attached hydrogens (tertiary/aromatic N) is 2. The Morgan fingerprint density at radius 1 is 0.926 bits per heavy atom. The van der Waals surface area contributed by atoms with Gasteiger partial charge in [0.05, 0.1) is 4.90 Å². The van der Waals surface area contributed by atoms with Crippen molar-refractivity contribution in [2.24, 2.45) is 0 Å². The molecule has 0 bridgehead atoms. The summed E-state index contributed by atoms with van der Waals surface area (Å²) in [6.07, 6.45) is 0.926. The smallest absolute Gasteiger partial charge is 0.243 e. The lowest BCUT2D eigenvalue weighted by atomic mass is 10.1. The fraction of sp³-hybridized carbons (Fsp3) is 0.316. The predicted molar refractivity (Wildman–Crippen MR) is 107 cm³/mol. The third kappa shape index (κ3) is 4.82. The summed E-state index contributed by atoms with van der Waals surface area (Å²) in [7, 11) is -3.57. The highest BCUT2D eigenvalue weighted by atomic mass is 35.5. The molecule has 1 amide bonds. The molecule has 0 unspecified atom stereocenters. The molecule has 0 saturated carbocycles. The summed E-state index contributed by atoms with van der Waals surface area (Å²) in [5, 5.41) is 1.15. The Morgan fingerprint density at radius 2 is 1.56 bits per heavy atom. The van der Waals surface area contributed by atoms with Crippen LogP contribution in [0.1, 0.15) is 12.0 Å². The van der Waals surface area contributed by atoms with Gasteiger partial charge in [-0.05, 0) is 42.3 Å². The Kier molecular flexibility index (Phi) is 6.42. The second-order valence-corrected chi connectivity index (χ2v) is 9.11. The van der Waals surface area contributed by atoms with Gasteiger partial charge >= 0.3 is 0 Å². The molecule has 0 aromatic heterocycles. The molecule has 144 valence electrons. The zero-order valence-corrected chi connectivity index (χ0v) is 17.0. The first-order valence-corrected chi connectivity index (χ1v) is 10.8. The number of carbonyl (C=O) groups excluding carboxylic acids is 1. The maximum atomic E-state index is 12.7. The van der Waals surface area contributed by atoms with Gasteiger partial charge in [-0.3, -0.25) is 4.79 Å². The summed E-state index contributed by atoms with van der Waals surface area (Å²) in [6.45, 7) is 1.33. The first-order valence-electron chi connectivity index (χ1n) is 8.65. The van der Waals surface area contributed by atoms with Crippen molar-refractivity contribution in [3.05, 3.63) is 64.1 Å². The van der Waals surface area contributed by atoms with Crippen LogP contribution in [0.3, 0.4) is 0 Å². The number of piperazine rings is 1. The first kappa shape index (κ1) is 20.1. The highest BCUT2D eigenvalue weighted by Crippen LogP contribution is 2.21. The molecule has 0 atom stereocenters. The Morgan fingerprint density at radius 3 is 2.19 bits per heavy atom. The number of aryl methyl sites for hydroxylation is 1. The van der Waals surface area contributed by atoms with Gasteiger partial charge in [0, 0.05) is 42.6 Å². The van der Waals surface area contributed by atoms with Crippen molar-refractivity contribution in [1.29, 1.82) is 0 Å². The van der Waals surface area contributed by atoms with E-state index in [0.29, 0.717) is 36.0 Å². The second-order valence-electron chi connectivity index (χ2n) is 6.33. The van der Waals surface area contributed by atoms with E-state index in [1.54, 1.807) is 17.0 Å². The Bertz CT molecular complexity index is 909. The summed E-state index contributed by atoms with van der Waals surface area (Å²) in [5.41, 5.74) is 0.941. The predicted octanol–water partition coefficient (Wildman–Crippen LogP) is 3.46. The number of hydrogen-bond donors (Lipinski definition) is 0. The maximum Gasteiger partial charge on any atom is 0.243 e. The molecule has 2 aromatic carbocycles. The van der Waals surface area contributed by atoms with Crippen molar-refractivity contribution in [2.75, 3.05) is 26.2 Å². The van der Waals surface area contributed by atoms with Crippen LogP contribution in [0.25, 0.3) is 0 Å². The van der Waals surface area contributed by atoms with Gasteiger partial charge in [-0.25, -0.2) is 8.42 Å². The van der Waals surface area contributed by atoms with Crippen LogP contribution in [-0.4, -0.2) is 49.7 Å². The maximum absolute atomic E-state index is 12.7. The molecule has 1 heterocycles. The number of benzene rings is 2. The third-order valence-electron chi connectivity index (χ3n) is 4.61. The fourth-order valence-electron chi connectivity index (χ4n) is 3.03. The molecule has 5 nitrogen and oxygen atoms in total. The SMILES string of the molecule is O=C(CCc1ccccc1Cl)N1CCN(S(=O)(=O)c2ccc(Cl)cc2)CC1. The standard InChI is InChI=1S/C19H20Cl2N2O3S/c20-16-6-8-17(9-7-16)27(25,26)23-13-11-22(12-14-23)19(24)10-5-15-3-1-2-4-18(15)21/h1-4,6-9H,5,10-14H2. The van der Waals surface area contributed by atoms with E-state index in [9.17, 15) is 13.2 Å². The summed E-state index contributed by atoms with van der Waals surface area (Å²) in [6, 6.07) is 13.6. The van der Waals surface area contributed by atoms with E-state index in [4.69, 9.17) is 23.2 Å². The van der Waals surface area contributed by atoms with Gasteiger partial charge in [0.15, 0.2) is 0 Å². The van der Waals surface area contributed by atoms with Crippen LogP contribution in [-0.2, 0) is 21.2 Å². The van der Waals surface area contributed by atoms with Gasteiger partial charge in [0.25, 0.3) is 0 Å². The van der Waals surface area contributed by atoms with Gasteiger partial charge in [-0.2, -0.15) is 4.31 Å².